The van der Waals surface area contributed by atoms with Gasteiger partial charge in [0.05, 0.1) is 10.6 Å². The molecule has 0 atom stereocenters. The smallest absolute Gasteiger partial charge is 0.255 e. The van der Waals surface area contributed by atoms with E-state index in [4.69, 9.17) is 11.6 Å². The van der Waals surface area contributed by atoms with Crippen LogP contribution in [0.3, 0.4) is 0 Å². The number of benzene rings is 1. The molecule has 2 rings (SSSR count). The molecule has 1 aromatic heterocycles. The molecule has 0 fully saturated rings. The monoisotopic (exact) mass is 268 g/mol. The molecular weight excluding hydrogens is 256 g/mol. The molecule has 0 saturated heterocycles. The first-order valence-corrected chi connectivity index (χ1v) is 6.44. The van der Waals surface area contributed by atoms with Crippen molar-refractivity contribution in [3.05, 3.63) is 39.0 Å². The Labute approximate surface area is 109 Å². The van der Waals surface area contributed by atoms with E-state index in [0.717, 1.165) is 16.9 Å². The molecule has 2 aromatic rings. The van der Waals surface area contributed by atoms with Crippen LogP contribution in [-0.4, -0.2) is 9.78 Å². The molecule has 1 heterocycles. The number of rotatable bonds is 1. The molecule has 0 radical (unpaired) electrons. The molecule has 3 nitrogen and oxygen atoms in total. The summed E-state index contributed by atoms with van der Waals surface area (Å²) in [5.74, 6) is 0. The van der Waals surface area contributed by atoms with Crippen LogP contribution in [0.4, 0.5) is 0 Å². The zero-order chi connectivity index (χ0) is 12.6. The maximum atomic E-state index is 11.8. The van der Waals surface area contributed by atoms with Gasteiger partial charge in [0.2, 0.25) is 0 Å². The number of hydrogen-bond donors (Lipinski definition) is 0. The van der Waals surface area contributed by atoms with Gasteiger partial charge in [-0.1, -0.05) is 41.1 Å². The highest BCUT2D eigenvalue weighted by Gasteiger charge is 2.20. The SMILES string of the molecule is CC(C)(C)n1nc(-c2ccccc2Cl)sc1=O. The van der Waals surface area contributed by atoms with Gasteiger partial charge < -0.3 is 0 Å². The second-order valence-electron chi connectivity index (χ2n) is 4.74. The highest BCUT2D eigenvalue weighted by Crippen LogP contribution is 2.28. The van der Waals surface area contributed by atoms with Crippen LogP contribution >= 0.6 is 22.9 Å². The lowest BCUT2D eigenvalue weighted by molar-refractivity contribution is 0.348. The highest BCUT2D eigenvalue weighted by atomic mass is 35.5. The van der Waals surface area contributed by atoms with Gasteiger partial charge in [0.1, 0.15) is 0 Å². The molecule has 0 spiro atoms. The van der Waals surface area contributed by atoms with Gasteiger partial charge in [-0.2, -0.15) is 5.10 Å². The average Bonchev–Trinajstić information content (AvgIpc) is 2.60. The van der Waals surface area contributed by atoms with Crippen molar-refractivity contribution in [3.63, 3.8) is 0 Å². The minimum Gasteiger partial charge on any atom is -0.255 e. The van der Waals surface area contributed by atoms with Crippen LogP contribution < -0.4 is 4.87 Å². The molecule has 0 N–H and O–H groups in total. The van der Waals surface area contributed by atoms with Gasteiger partial charge in [0.15, 0.2) is 5.01 Å². The van der Waals surface area contributed by atoms with Crippen molar-refractivity contribution in [1.82, 2.24) is 9.78 Å². The molecule has 1 aromatic carbocycles. The fourth-order valence-corrected chi connectivity index (χ4v) is 2.70. The number of hydrogen-bond acceptors (Lipinski definition) is 3. The van der Waals surface area contributed by atoms with Crippen LogP contribution in [0, 0.1) is 0 Å². The number of nitrogens with zero attached hydrogens (tertiary/aromatic N) is 2. The second kappa shape index (κ2) is 4.27. The summed E-state index contributed by atoms with van der Waals surface area (Å²) in [6.07, 6.45) is 0. The first kappa shape index (κ1) is 12.3. The van der Waals surface area contributed by atoms with Crippen molar-refractivity contribution in [3.8, 4) is 10.6 Å². The molecule has 0 saturated carbocycles. The summed E-state index contributed by atoms with van der Waals surface area (Å²) in [5, 5.41) is 5.63. The Morgan fingerprint density at radius 3 is 2.47 bits per heavy atom. The van der Waals surface area contributed by atoms with Crippen LogP contribution in [0.15, 0.2) is 29.1 Å². The fourth-order valence-electron chi connectivity index (χ4n) is 1.45. The summed E-state index contributed by atoms with van der Waals surface area (Å²) in [4.78, 5) is 11.8. The van der Waals surface area contributed by atoms with E-state index in [2.05, 4.69) is 5.10 Å². The maximum Gasteiger partial charge on any atom is 0.325 e. The zero-order valence-electron chi connectivity index (χ0n) is 9.90. The predicted octanol–water partition coefficient (Wildman–Crippen LogP) is 3.38. The number of aromatic nitrogens is 2. The molecule has 0 aliphatic carbocycles. The molecule has 17 heavy (non-hydrogen) atoms. The van der Waals surface area contributed by atoms with E-state index in [1.165, 1.54) is 4.68 Å². The van der Waals surface area contributed by atoms with Gasteiger partial charge in [-0.15, -0.1) is 0 Å². The molecule has 90 valence electrons. The van der Waals surface area contributed by atoms with Crippen molar-refractivity contribution in [2.45, 2.75) is 26.3 Å². The molecule has 5 heteroatoms. The van der Waals surface area contributed by atoms with E-state index < -0.39 is 0 Å². The average molecular weight is 269 g/mol. The summed E-state index contributed by atoms with van der Waals surface area (Å²) in [7, 11) is 0. The van der Waals surface area contributed by atoms with Gasteiger partial charge in [-0.3, -0.25) is 4.79 Å². The first-order chi connectivity index (χ1) is 7.89. The molecular formula is C12H13ClN2OS. The van der Waals surface area contributed by atoms with Crippen LogP contribution in [0.25, 0.3) is 10.6 Å². The first-order valence-electron chi connectivity index (χ1n) is 5.25. The van der Waals surface area contributed by atoms with Crippen LogP contribution in [0.1, 0.15) is 20.8 Å². The normalized spacial score (nSPS) is 11.8. The lowest BCUT2D eigenvalue weighted by Gasteiger charge is -2.17. The largest absolute Gasteiger partial charge is 0.325 e. The lowest BCUT2D eigenvalue weighted by Crippen LogP contribution is -2.31. The highest BCUT2D eigenvalue weighted by molar-refractivity contribution is 7.12. The molecule has 0 unspecified atom stereocenters. The third kappa shape index (κ3) is 2.42. The van der Waals surface area contributed by atoms with E-state index in [1.807, 2.05) is 39.0 Å². The van der Waals surface area contributed by atoms with E-state index >= 15 is 0 Å². The fraction of sp³-hybridized carbons (Fsp3) is 0.333. The van der Waals surface area contributed by atoms with E-state index in [1.54, 1.807) is 6.07 Å². The standard InChI is InChI=1S/C12H13ClN2OS/c1-12(2,3)15-11(16)17-10(14-15)8-6-4-5-7-9(8)13/h4-7H,1-3H3. The third-order valence-electron chi connectivity index (χ3n) is 2.29. The Bertz CT molecular complexity index is 595. The molecule has 0 aliphatic rings. The maximum absolute atomic E-state index is 11.8. The molecule has 0 aliphatic heterocycles. The minimum absolute atomic E-state index is 0.0626. The van der Waals surface area contributed by atoms with Gasteiger partial charge >= 0.3 is 4.87 Å². The van der Waals surface area contributed by atoms with Crippen molar-refractivity contribution in [1.29, 1.82) is 0 Å². The van der Waals surface area contributed by atoms with Crippen molar-refractivity contribution >= 4 is 22.9 Å². The lowest BCUT2D eigenvalue weighted by atomic mass is 10.1. The zero-order valence-corrected chi connectivity index (χ0v) is 11.5. The Hall–Kier alpha value is -1.13. The van der Waals surface area contributed by atoms with E-state index in [0.29, 0.717) is 10.0 Å². The summed E-state index contributed by atoms with van der Waals surface area (Å²) in [6.45, 7) is 5.85. The Morgan fingerprint density at radius 2 is 1.94 bits per heavy atom. The van der Waals surface area contributed by atoms with Crippen molar-refractivity contribution in [2.75, 3.05) is 0 Å². The predicted molar refractivity (Wildman–Crippen MR) is 71.8 cm³/mol. The summed E-state index contributed by atoms with van der Waals surface area (Å²) >= 11 is 7.21. The van der Waals surface area contributed by atoms with Crippen molar-refractivity contribution < 1.29 is 0 Å². The van der Waals surface area contributed by atoms with Gasteiger partial charge in [0.25, 0.3) is 0 Å². The van der Waals surface area contributed by atoms with Crippen LogP contribution in [0.2, 0.25) is 5.02 Å². The Morgan fingerprint density at radius 1 is 1.29 bits per heavy atom. The van der Waals surface area contributed by atoms with E-state index in [9.17, 15) is 4.79 Å². The number of halogens is 1. The quantitative estimate of drug-likeness (QED) is 0.795. The topological polar surface area (TPSA) is 34.9 Å². The van der Waals surface area contributed by atoms with Gasteiger partial charge in [-0.05, 0) is 26.8 Å². The summed E-state index contributed by atoms with van der Waals surface area (Å²) in [5.41, 5.74) is 0.492. The summed E-state index contributed by atoms with van der Waals surface area (Å²) in [6, 6.07) is 7.40. The van der Waals surface area contributed by atoms with E-state index in [-0.39, 0.29) is 10.4 Å². The van der Waals surface area contributed by atoms with Crippen molar-refractivity contribution in [2.24, 2.45) is 0 Å². The third-order valence-corrected chi connectivity index (χ3v) is 3.46. The summed E-state index contributed by atoms with van der Waals surface area (Å²) < 4.78 is 1.50. The van der Waals surface area contributed by atoms with Gasteiger partial charge in [0, 0.05) is 5.56 Å². The molecule has 0 amide bonds. The van der Waals surface area contributed by atoms with Crippen LogP contribution in [0.5, 0.6) is 0 Å². The minimum atomic E-state index is -0.312. The Kier molecular flexibility index (Phi) is 3.10. The second-order valence-corrected chi connectivity index (χ2v) is 6.08. The Balaban J connectivity index is 2.57. The van der Waals surface area contributed by atoms with Gasteiger partial charge in [-0.25, -0.2) is 4.68 Å². The van der Waals surface area contributed by atoms with Crippen LogP contribution in [-0.2, 0) is 5.54 Å². The molecule has 0 bridgehead atoms.